The van der Waals surface area contributed by atoms with Crippen molar-refractivity contribution in [3.8, 4) is 11.5 Å². The van der Waals surface area contributed by atoms with E-state index in [1.807, 2.05) is 30.3 Å². The van der Waals surface area contributed by atoms with Gasteiger partial charge in [0.15, 0.2) is 0 Å². The zero-order chi connectivity index (χ0) is 13.8. The lowest BCUT2D eigenvalue weighted by Crippen LogP contribution is -2.02. The average Bonchev–Trinajstić information content (AvgIpc) is 2.47. The second-order valence-electron chi connectivity index (χ2n) is 4.49. The molecule has 1 atom stereocenters. The van der Waals surface area contributed by atoms with Gasteiger partial charge < -0.3 is 15.2 Å². The zero-order valence-electron chi connectivity index (χ0n) is 11.5. The van der Waals surface area contributed by atoms with E-state index >= 15 is 0 Å². The van der Waals surface area contributed by atoms with Crippen molar-refractivity contribution >= 4 is 5.69 Å². The molecular formula is C16H19NO2. The number of nitrogens with two attached hydrogens (primary N) is 1. The van der Waals surface area contributed by atoms with Crippen molar-refractivity contribution in [2.24, 2.45) is 0 Å². The Kier molecular flexibility index (Phi) is 3.95. The van der Waals surface area contributed by atoms with Crippen LogP contribution in [0.25, 0.3) is 0 Å². The summed E-state index contributed by atoms with van der Waals surface area (Å²) < 4.78 is 10.4. The van der Waals surface area contributed by atoms with Gasteiger partial charge in [0.1, 0.15) is 11.5 Å². The molecule has 2 aromatic carbocycles. The highest BCUT2D eigenvalue weighted by molar-refractivity contribution is 5.54. The van der Waals surface area contributed by atoms with Crippen LogP contribution >= 0.6 is 0 Å². The maximum Gasteiger partial charge on any atom is 0.119 e. The van der Waals surface area contributed by atoms with Crippen LogP contribution in [-0.2, 0) is 0 Å². The molecule has 2 N–H and O–H groups in total. The van der Waals surface area contributed by atoms with Crippen LogP contribution in [0.1, 0.15) is 24.0 Å². The second-order valence-corrected chi connectivity index (χ2v) is 4.49. The summed E-state index contributed by atoms with van der Waals surface area (Å²) >= 11 is 0. The van der Waals surface area contributed by atoms with Gasteiger partial charge in [-0.15, -0.1) is 0 Å². The molecule has 0 saturated heterocycles. The summed E-state index contributed by atoms with van der Waals surface area (Å²) in [4.78, 5) is 0. The van der Waals surface area contributed by atoms with Crippen molar-refractivity contribution < 1.29 is 9.47 Å². The van der Waals surface area contributed by atoms with Crippen molar-refractivity contribution in [3.05, 3.63) is 53.6 Å². The largest absolute Gasteiger partial charge is 0.497 e. The number of ether oxygens (including phenoxy) is 2. The van der Waals surface area contributed by atoms with Crippen LogP contribution < -0.4 is 15.2 Å². The van der Waals surface area contributed by atoms with E-state index in [1.165, 1.54) is 5.56 Å². The third-order valence-corrected chi connectivity index (χ3v) is 3.38. The van der Waals surface area contributed by atoms with Gasteiger partial charge in [-0.05, 0) is 41.5 Å². The molecule has 0 aromatic heterocycles. The Morgan fingerprint density at radius 2 is 1.47 bits per heavy atom. The standard InChI is InChI=1S/C16H19NO2/c1-11(12-4-6-13(18-2)7-5-12)15-10-14(19-3)8-9-16(15)17/h4-11H,17H2,1-3H3. The normalized spacial score (nSPS) is 11.9. The minimum absolute atomic E-state index is 0.209. The molecule has 0 fully saturated rings. The first kappa shape index (κ1) is 13.3. The summed E-state index contributed by atoms with van der Waals surface area (Å²) in [5, 5.41) is 0. The van der Waals surface area contributed by atoms with Crippen LogP contribution in [0.5, 0.6) is 11.5 Å². The number of methoxy groups -OCH3 is 2. The van der Waals surface area contributed by atoms with Gasteiger partial charge >= 0.3 is 0 Å². The van der Waals surface area contributed by atoms with Crippen LogP contribution in [0.15, 0.2) is 42.5 Å². The SMILES string of the molecule is COc1ccc(C(C)c2cc(OC)ccc2N)cc1. The van der Waals surface area contributed by atoms with Crippen LogP contribution in [0.2, 0.25) is 0 Å². The third kappa shape index (κ3) is 2.81. The molecule has 19 heavy (non-hydrogen) atoms. The Labute approximate surface area is 114 Å². The van der Waals surface area contributed by atoms with E-state index < -0.39 is 0 Å². The van der Waals surface area contributed by atoms with E-state index in [0.717, 1.165) is 22.7 Å². The van der Waals surface area contributed by atoms with Crippen molar-refractivity contribution in [1.82, 2.24) is 0 Å². The Bertz CT molecular complexity index is 549. The van der Waals surface area contributed by atoms with Gasteiger partial charge in [-0.2, -0.15) is 0 Å². The van der Waals surface area contributed by atoms with Gasteiger partial charge in [0, 0.05) is 11.6 Å². The summed E-state index contributed by atoms with van der Waals surface area (Å²) in [6.07, 6.45) is 0. The zero-order valence-corrected chi connectivity index (χ0v) is 11.5. The number of anilines is 1. The average molecular weight is 257 g/mol. The molecule has 100 valence electrons. The highest BCUT2D eigenvalue weighted by atomic mass is 16.5. The first-order valence-electron chi connectivity index (χ1n) is 6.23. The summed E-state index contributed by atoms with van der Waals surface area (Å²) in [5.41, 5.74) is 9.11. The maximum atomic E-state index is 6.06. The van der Waals surface area contributed by atoms with E-state index in [4.69, 9.17) is 15.2 Å². The van der Waals surface area contributed by atoms with Gasteiger partial charge in [-0.1, -0.05) is 19.1 Å². The second kappa shape index (κ2) is 5.65. The van der Waals surface area contributed by atoms with Gasteiger partial charge in [0.05, 0.1) is 14.2 Å². The van der Waals surface area contributed by atoms with E-state index in [0.29, 0.717) is 0 Å². The highest BCUT2D eigenvalue weighted by Gasteiger charge is 2.12. The minimum Gasteiger partial charge on any atom is -0.497 e. The summed E-state index contributed by atoms with van der Waals surface area (Å²) in [6, 6.07) is 13.8. The fraction of sp³-hybridized carbons (Fsp3) is 0.250. The van der Waals surface area contributed by atoms with Crippen molar-refractivity contribution in [3.63, 3.8) is 0 Å². The molecule has 0 heterocycles. The van der Waals surface area contributed by atoms with Crippen LogP contribution in [-0.4, -0.2) is 14.2 Å². The van der Waals surface area contributed by atoms with Crippen LogP contribution in [0.4, 0.5) is 5.69 Å². The van der Waals surface area contributed by atoms with Crippen molar-refractivity contribution in [2.75, 3.05) is 20.0 Å². The van der Waals surface area contributed by atoms with Gasteiger partial charge in [0.2, 0.25) is 0 Å². The number of rotatable bonds is 4. The van der Waals surface area contributed by atoms with Gasteiger partial charge in [-0.25, -0.2) is 0 Å². The molecule has 0 saturated carbocycles. The predicted octanol–water partition coefficient (Wildman–Crippen LogP) is 3.44. The Hall–Kier alpha value is -2.16. The lowest BCUT2D eigenvalue weighted by atomic mass is 9.92. The van der Waals surface area contributed by atoms with Crippen molar-refractivity contribution in [2.45, 2.75) is 12.8 Å². The number of hydrogen-bond donors (Lipinski definition) is 1. The molecule has 0 aliphatic rings. The summed E-state index contributed by atoms with van der Waals surface area (Å²) in [5.74, 6) is 1.89. The van der Waals surface area contributed by atoms with E-state index in [1.54, 1.807) is 14.2 Å². The predicted molar refractivity (Wildman–Crippen MR) is 77.9 cm³/mol. The summed E-state index contributed by atoms with van der Waals surface area (Å²) in [6.45, 7) is 2.13. The van der Waals surface area contributed by atoms with E-state index in [9.17, 15) is 0 Å². The number of nitrogen functional groups attached to an aromatic ring is 1. The van der Waals surface area contributed by atoms with Crippen LogP contribution in [0.3, 0.4) is 0 Å². The molecule has 3 heteroatoms. The smallest absolute Gasteiger partial charge is 0.119 e. The molecule has 3 nitrogen and oxygen atoms in total. The fourth-order valence-electron chi connectivity index (χ4n) is 2.13. The Morgan fingerprint density at radius 3 is 2.05 bits per heavy atom. The first-order chi connectivity index (χ1) is 9.15. The first-order valence-corrected chi connectivity index (χ1v) is 6.23. The van der Waals surface area contributed by atoms with Gasteiger partial charge in [0.25, 0.3) is 0 Å². The number of hydrogen-bond acceptors (Lipinski definition) is 3. The minimum atomic E-state index is 0.209. The molecule has 0 aliphatic carbocycles. The van der Waals surface area contributed by atoms with E-state index in [2.05, 4.69) is 19.1 Å². The summed E-state index contributed by atoms with van der Waals surface area (Å²) in [7, 11) is 3.33. The number of benzene rings is 2. The van der Waals surface area contributed by atoms with Crippen molar-refractivity contribution in [1.29, 1.82) is 0 Å². The maximum absolute atomic E-state index is 6.06. The molecule has 0 bridgehead atoms. The van der Waals surface area contributed by atoms with Gasteiger partial charge in [-0.3, -0.25) is 0 Å². The van der Waals surface area contributed by atoms with E-state index in [-0.39, 0.29) is 5.92 Å². The quantitative estimate of drug-likeness (QED) is 0.853. The fourth-order valence-corrected chi connectivity index (χ4v) is 2.13. The molecule has 1 unspecified atom stereocenters. The lowest BCUT2D eigenvalue weighted by molar-refractivity contribution is 0.414. The highest BCUT2D eigenvalue weighted by Crippen LogP contribution is 2.32. The lowest BCUT2D eigenvalue weighted by Gasteiger charge is -2.16. The van der Waals surface area contributed by atoms with Crippen LogP contribution in [0, 0.1) is 0 Å². The molecule has 2 rings (SSSR count). The Morgan fingerprint density at radius 1 is 0.895 bits per heavy atom. The molecule has 0 radical (unpaired) electrons. The molecule has 0 amide bonds. The Balaban J connectivity index is 2.34. The monoisotopic (exact) mass is 257 g/mol. The molecule has 2 aromatic rings. The molecule has 0 spiro atoms. The molecule has 0 aliphatic heterocycles. The third-order valence-electron chi connectivity index (χ3n) is 3.38. The molecular weight excluding hydrogens is 238 g/mol. The topological polar surface area (TPSA) is 44.5 Å².